The van der Waals surface area contributed by atoms with Gasteiger partial charge in [-0.2, -0.15) is 0 Å². The van der Waals surface area contributed by atoms with Crippen LogP contribution in [0.2, 0.25) is 5.02 Å². The van der Waals surface area contributed by atoms with Crippen LogP contribution in [0, 0.1) is 6.92 Å². The van der Waals surface area contributed by atoms with Gasteiger partial charge in [-0.1, -0.05) is 11.6 Å². The molecule has 18 heavy (non-hydrogen) atoms. The lowest BCUT2D eigenvalue weighted by molar-refractivity contribution is 0.415. The Morgan fingerprint density at radius 3 is 2.78 bits per heavy atom. The van der Waals surface area contributed by atoms with E-state index in [0.717, 1.165) is 17.1 Å². The molecule has 0 spiro atoms. The van der Waals surface area contributed by atoms with Gasteiger partial charge < -0.3 is 15.8 Å². The summed E-state index contributed by atoms with van der Waals surface area (Å²) >= 11 is 5.97. The lowest BCUT2D eigenvalue weighted by atomic mass is 10.2. The topological polar surface area (TPSA) is 60.2 Å². The highest BCUT2D eigenvalue weighted by Gasteiger charge is 2.04. The monoisotopic (exact) mass is 263 g/mol. The summed E-state index contributed by atoms with van der Waals surface area (Å²) < 4.78 is 5.16. The third-order valence-corrected chi connectivity index (χ3v) is 2.83. The van der Waals surface area contributed by atoms with Crippen LogP contribution in [0.4, 0.5) is 17.2 Å². The zero-order chi connectivity index (χ0) is 13.1. The van der Waals surface area contributed by atoms with Gasteiger partial charge in [0.25, 0.3) is 0 Å². The molecule has 1 aromatic heterocycles. The minimum Gasteiger partial charge on any atom is -0.495 e. The molecule has 0 saturated heterocycles. The first-order valence-corrected chi connectivity index (χ1v) is 5.80. The van der Waals surface area contributed by atoms with Crippen molar-refractivity contribution in [2.24, 2.45) is 0 Å². The Morgan fingerprint density at radius 2 is 2.11 bits per heavy atom. The average molecular weight is 264 g/mol. The molecular weight excluding hydrogens is 250 g/mol. The summed E-state index contributed by atoms with van der Waals surface area (Å²) in [6.07, 6.45) is 1.61. The summed E-state index contributed by atoms with van der Waals surface area (Å²) in [5.74, 6) is 1.38. The molecule has 1 aromatic carbocycles. The van der Waals surface area contributed by atoms with E-state index in [4.69, 9.17) is 22.1 Å². The SMILES string of the molecule is COc1cc(Nc2ncc(N)cc2C)ccc1Cl. The Labute approximate surface area is 111 Å². The lowest BCUT2D eigenvalue weighted by Crippen LogP contribution is -1.98. The van der Waals surface area contributed by atoms with Gasteiger partial charge in [0.1, 0.15) is 11.6 Å². The quantitative estimate of drug-likeness (QED) is 0.891. The van der Waals surface area contributed by atoms with Crippen molar-refractivity contribution < 1.29 is 4.74 Å². The van der Waals surface area contributed by atoms with Crippen molar-refractivity contribution in [1.82, 2.24) is 4.98 Å². The van der Waals surface area contributed by atoms with Gasteiger partial charge in [0.05, 0.1) is 24.0 Å². The second kappa shape index (κ2) is 5.14. The number of nitrogens with zero attached hydrogens (tertiary/aromatic N) is 1. The van der Waals surface area contributed by atoms with E-state index in [0.29, 0.717) is 16.5 Å². The number of nitrogen functional groups attached to an aromatic ring is 1. The predicted octanol–water partition coefficient (Wildman–Crippen LogP) is 3.38. The maximum Gasteiger partial charge on any atom is 0.139 e. The number of nitrogens with two attached hydrogens (primary N) is 1. The number of anilines is 3. The van der Waals surface area contributed by atoms with Gasteiger partial charge in [0.2, 0.25) is 0 Å². The smallest absolute Gasteiger partial charge is 0.139 e. The van der Waals surface area contributed by atoms with Crippen molar-refractivity contribution >= 4 is 28.8 Å². The van der Waals surface area contributed by atoms with Gasteiger partial charge in [-0.3, -0.25) is 0 Å². The molecule has 0 radical (unpaired) electrons. The van der Waals surface area contributed by atoms with Gasteiger partial charge in [0.15, 0.2) is 0 Å². The zero-order valence-electron chi connectivity index (χ0n) is 10.2. The van der Waals surface area contributed by atoms with Crippen LogP contribution >= 0.6 is 11.6 Å². The molecule has 5 heteroatoms. The van der Waals surface area contributed by atoms with Crippen LogP contribution in [0.5, 0.6) is 5.75 Å². The van der Waals surface area contributed by atoms with Crippen LogP contribution in [0.15, 0.2) is 30.5 Å². The van der Waals surface area contributed by atoms with Crippen LogP contribution in [0.25, 0.3) is 0 Å². The first-order valence-electron chi connectivity index (χ1n) is 5.43. The first kappa shape index (κ1) is 12.5. The molecule has 0 aliphatic heterocycles. The first-order chi connectivity index (χ1) is 8.60. The van der Waals surface area contributed by atoms with Crippen LogP contribution in [0.3, 0.4) is 0 Å². The minimum atomic E-state index is 0.574. The van der Waals surface area contributed by atoms with Gasteiger partial charge in [0, 0.05) is 11.8 Å². The van der Waals surface area contributed by atoms with Gasteiger partial charge >= 0.3 is 0 Å². The fourth-order valence-electron chi connectivity index (χ4n) is 1.60. The molecule has 0 bridgehead atoms. The number of aromatic nitrogens is 1. The molecule has 0 aliphatic carbocycles. The number of hydrogen-bond donors (Lipinski definition) is 2. The second-order valence-corrected chi connectivity index (χ2v) is 4.32. The molecule has 0 amide bonds. The van der Waals surface area contributed by atoms with Crippen LogP contribution in [-0.4, -0.2) is 12.1 Å². The Balaban J connectivity index is 2.28. The molecular formula is C13H14ClN3O. The molecule has 1 heterocycles. The van der Waals surface area contributed by atoms with E-state index in [-0.39, 0.29) is 0 Å². The van der Waals surface area contributed by atoms with Crippen LogP contribution in [-0.2, 0) is 0 Å². The number of benzene rings is 1. The molecule has 0 aliphatic rings. The molecule has 3 N–H and O–H groups in total. The summed E-state index contributed by atoms with van der Waals surface area (Å²) in [5.41, 5.74) is 8.14. The predicted molar refractivity (Wildman–Crippen MR) is 74.7 cm³/mol. The van der Waals surface area contributed by atoms with E-state index in [2.05, 4.69) is 10.3 Å². The maximum absolute atomic E-state index is 5.97. The van der Waals surface area contributed by atoms with E-state index in [1.54, 1.807) is 19.4 Å². The molecule has 4 nitrogen and oxygen atoms in total. The zero-order valence-corrected chi connectivity index (χ0v) is 11.0. The fraction of sp³-hybridized carbons (Fsp3) is 0.154. The number of hydrogen-bond acceptors (Lipinski definition) is 4. The Morgan fingerprint density at radius 1 is 1.33 bits per heavy atom. The summed E-state index contributed by atoms with van der Waals surface area (Å²) in [6.45, 7) is 1.94. The third kappa shape index (κ3) is 2.65. The summed E-state index contributed by atoms with van der Waals surface area (Å²) in [6, 6.07) is 7.32. The van der Waals surface area contributed by atoms with Crippen LogP contribution in [0.1, 0.15) is 5.56 Å². The fourth-order valence-corrected chi connectivity index (χ4v) is 1.80. The van der Waals surface area contributed by atoms with E-state index in [1.807, 2.05) is 25.1 Å². The second-order valence-electron chi connectivity index (χ2n) is 3.91. The standard InChI is InChI=1S/C13H14ClN3O/c1-8-5-9(15)7-16-13(8)17-10-3-4-11(14)12(6-10)18-2/h3-7H,15H2,1-2H3,(H,16,17). The average Bonchev–Trinajstić information content (AvgIpc) is 2.35. The largest absolute Gasteiger partial charge is 0.495 e. The number of nitrogens with one attached hydrogen (secondary N) is 1. The molecule has 0 fully saturated rings. The van der Waals surface area contributed by atoms with Crippen molar-refractivity contribution in [3.8, 4) is 5.75 Å². The molecule has 0 saturated carbocycles. The summed E-state index contributed by atoms with van der Waals surface area (Å²) in [5, 5.41) is 3.77. The van der Waals surface area contributed by atoms with Gasteiger partial charge in [-0.15, -0.1) is 0 Å². The highest BCUT2D eigenvalue weighted by molar-refractivity contribution is 6.32. The van der Waals surface area contributed by atoms with Crippen molar-refractivity contribution in [3.63, 3.8) is 0 Å². The molecule has 2 rings (SSSR count). The Kier molecular flexibility index (Phi) is 3.58. The number of ether oxygens (including phenoxy) is 1. The Bertz CT molecular complexity index is 572. The molecule has 2 aromatic rings. The van der Waals surface area contributed by atoms with E-state index in [9.17, 15) is 0 Å². The summed E-state index contributed by atoms with van der Waals surface area (Å²) in [4.78, 5) is 4.24. The molecule has 0 atom stereocenters. The lowest BCUT2D eigenvalue weighted by Gasteiger charge is -2.10. The van der Waals surface area contributed by atoms with Crippen molar-refractivity contribution in [2.45, 2.75) is 6.92 Å². The molecule has 0 unspecified atom stereocenters. The van der Waals surface area contributed by atoms with Crippen molar-refractivity contribution in [3.05, 3.63) is 41.0 Å². The highest BCUT2D eigenvalue weighted by atomic mass is 35.5. The highest BCUT2D eigenvalue weighted by Crippen LogP contribution is 2.29. The normalized spacial score (nSPS) is 10.2. The van der Waals surface area contributed by atoms with E-state index in [1.165, 1.54) is 0 Å². The number of aryl methyl sites for hydroxylation is 1. The van der Waals surface area contributed by atoms with E-state index < -0.39 is 0 Å². The Hall–Kier alpha value is -1.94. The molecule has 94 valence electrons. The number of methoxy groups -OCH3 is 1. The van der Waals surface area contributed by atoms with Crippen molar-refractivity contribution in [2.75, 3.05) is 18.2 Å². The van der Waals surface area contributed by atoms with Crippen molar-refractivity contribution in [1.29, 1.82) is 0 Å². The number of rotatable bonds is 3. The third-order valence-electron chi connectivity index (χ3n) is 2.51. The number of pyridine rings is 1. The van der Waals surface area contributed by atoms with Gasteiger partial charge in [-0.05, 0) is 30.7 Å². The minimum absolute atomic E-state index is 0.574. The van der Waals surface area contributed by atoms with E-state index >= 15 is 0 Å². The summed E-state index contributed by atoms with van der Waals surface area (Å²) in [7, 11) is 1.58. The van der Waals surface area contributed by atoms with Crippen LogP contribution < -0.4 is 15.8 Å². The number of halogens is 1. The maximum atomic E-state index is 5.97. The van der Waals surface area contributed by atoms with Gasteiger partial charge in [-0.25, -0.2) is 4.98 Å².